The number of carbonyl (C=O) groups excluding carboxylic acids is 2. The van der Waals surface area contributed by atoms with Crippen molar-refractivity contribution in [3.05, 3.63) is 81.5 Å². The summed E-state index contributed by atoms with van der Waals surface area (Å²) in [5.41, 5.74) is 4.31. The molecule has 0 spiro atoms. The number of hydrogen-bond acceptors (Lipinski definition) is 5. The van der Waals surface area contributed by atoms with Crippen molar-refractivity contribution in [3.8, 4) is 0 Å². The summed E-state index contributed by atoms with van der Waals surface area (Å²) in [6.07, 6.45) is 1.13. The Morgan fingerprint density at radius 1 is 1.09 bits per heavy atom. The fourth-order valence-electron chi connectivity index (χ4n) is 4.79. The molecule has 1 heterocycles. The number of halogens is 1. The third-order valence-corrected chi connectivity index (χ3v) is 7.71. The molecule has 0 fully saturated rings. The van der Waals surface area contributed by atoms with Crippen molar-refractivity contribution in [1.29, 1.82) is 0 Å². The van der Waals surface area contributed by atoms with E-state index in [-0.39, 0.29) is 23.6 Å². The van der Waals surface area contributed by atoms with Crippen LogP contribution in [-0.2, 0) is 14.3 Å². The van der Waals surface area contributed by atoms with Gasteiger partial charge in [-0.05, 0) is 48.3 Å². The third kappa shape index (κ3) is 5.33. The van der Waals surface area contributed by atoms with Gasteiger partial charge in [0.15, 0.2) is 5.78 Å². The molecule has 0 saturated carbocycles. The fraction of sp³-hybridized carbons (Fsp3) is 0.370. The summed E-state index contributed by atoms with van der Waals surface area (Å²) < 4.78 is 6.61. The highest BCUT2D eigenvalue weighted by Crippen LogP contribution is 2.46. The van der Waals surface area contributed by atoms with Gasteiger partial charge in [-0.15, -0.1) is 0 Å². The minimum absolute atomic E-state index is 0.0774. The number of benzene rings is 2. The van der Waals surface area contributed by atoms with Crippen molar-refractivity contribution < 1.29 is 14.3 Å². The van der Waals surface area contributed by atoms with Crippen LogP contribution in [0.4, 0.5) is 0 Å². The molecule has 1 aliphatic heterocycles. The van der Waals surface area contributed by atoms with E-state index < -0.39 is 5.92 Å². The second-order valence-electron chi connectivity index (χ2n) is 8.42. The minimum atomic E-state index is -0.589. The Kier molecular flexibility index (Phi) is 7.86. The molecule has 2 aliphatic rings. The van der Waals surface area contributed by atoms with Crippen molar-refractivity contribution in [2.24, 2.45) is 10.9 Å². The van der Waals surface area contributed by atoms with Crippen molar-refractivity contribution in [2.45, 2.75) is 38.5 Å². The van der Waals surface area contributed by atoms with Crippen molar-refractivity contribution >= 4 is 45.2 Å². The summed E-state index contributed by atoms with van der Waals surface area (Å²) in [4.78, 5) is 31.6. The molecule has 6 heteroatoms. The zero-order valence-electron chi connectivity index (χ0n) is 18.9. The Morgan fingerprint density at radius 2 is 1.82 bits per heavy atom. The van der Waals surface area contributed by atoms with Crippen LogP contribution in [0.25, 0.3) is 0 Å². The zero-order chi connectivity index (χ0) is 23.4. The van der Waals surface area contributed by atoms with Crippen LogP contribution in [0.15, 0.2) is 75.3 Å². The first-order valence-electron chi connectivity index (χ1n) is 11.4. The molecule has 0 radical (unpaired) electrons. The number of thioether (sulfide) groups is 1. The maximum Gasteiger partial charge on any atom is 0.315 e. The van der Waals surface area contributed by atoms with Crippen LogP contribution in [0.2, 0.25) is 0 Å². The van der Waals surface area contributed by atoms with Gasteiger partial charge in [-0.2, -0.15) is 11.8 Å². The number of esters is 1. The molecule has 0 amide bonds. The molecule has 172 valence electrons. The summed E-state index contributed by atoms with van der Waals surface area (Å²) in [5.74, 6) is 0.666. The number of hydrogen-bond donors (Lipinski definition) is 0. The molecule has 2 aromatic carbocycles. The Hall–Kier alpha value is -2.18. The van der Waals surface area contributed by atoms with E-state index in [9.17, 15) is 9.59 Å². The van der Waals surface area contributed by atoms with Crippen LogP contribution in [0.5, 0.6) is 0 Å². The summed E-state index contributed by atoms with van der Waals surface area (Å²) in [6.45, 7) is 4.34. The molecule has 2 aromatic rings. The summed E-state index contributed by atoms with van der Waals surface area (Å²) in [6, 6.07) is 18.0. The molecule has 3 unspecified atom stereocenters. The highest BCUT2D eigenvalue weighted by Gasteiger charge is 2.44. The standard InChI is InChI=1S/C27H28BrNO3S/c1-3-33-14-13-32-27(31)24-17(2)29-22-15-20(18-7-5-4-6-8-18)16-23(30)26(22)25(24)19-9-11-21(28)12-10-19/h4-12,20,24-25H,3,13-16H2,1-2H3. The largest absolute Gasteiger partial charge is 0.464 e. The zero-order valence-corrected chi connectivity index (χ0v) is 21.3. The number of carbonyl (C=O) groups is 2. The van der Waals surface area contributed by atoms with Gasteiger partial charge < -0.3 is 4.74 Å². The van der Waals surface area contributed by atoms with Crippen LogP contribution in [0.1, 0.15) is 49.7 Å². The van der Waals surface area contributed by atoms with Crippen LogP contribution < -0.4 is 0 Å². The van der Waals surface area contributed by atoms with Crippen LogP contribution in [0.3, 0.4) is 0 Å². The maximum atomic E-state index is 13.5. The normalized spacial score (nSPS) is 22.6. The lowest BCUT2D eigenvalue weighted by molar-refractivity contribution is -0.145. The predicted molar refractivity (Wildman–Crippen MR) is 138 cm³/mol. The van der Waals surface area contributed by atoms with Crippen LogP contribution in [0, 0.1) is 5.92 Å². The second kappa shape index (κ2) is 10.8. The lowest BCUT2D eigenvalue weighted by Crippen LogP contribution is -2.38. The average Bonchev–Trinajstić information content (AvgIpc) is 2.82. The van der Waals surface area contributed by atoms with Gasteiger partial charge in [0, 0.05) is 39.5 Å². The van der Waals surface area contributed by atoms with Gasteiger partial charge in [-0.1, -0.05) is 65.3 Å². The Bertz CT molecular complexity index is 1080. The monoisotopic (exact) mass is 525 g/mol. The predicted octanol–water partition coefficient (Wildman–Crippen LogP) is 6.32. The van der Waals surface area contributed by atoms with E-state index in [1.54, 1.807) is 11.8 Å². The summed E-state index contributed by atoms with van der Waals surface area (Å²) in [5, 5.41) is 0. The molecular formula is C27H28BrNO3S. The van der Waals surface area contributed by atoms with Crippen molar-refractivity contribution in [1.82, 2.24) is 0 Å². The third-order valence-electron chi connectivity index (χ3n) is 6.32. The fourth-order valence-corrected chi connectivity index (χ4v) is 5.55. The lowest BCUT2D eigenvalue weighted by atomic mass is 9.69. The smallest absolute Gasteiger partial charge is 0.315 e. The Labute approximate surface area is 208 Å². The molecule has 33 heavy (non-hydrogen) atoms. The first kappa shape index (κ1) is 24.0. The molecule has 3 atom stereocenters. The van der Waals surface area contributed by atoms with Crippen LogP contribution in [-0.4, -0.2) is 35.6 Å². The van der Waals surface area contributed by atoms with Gasteiger partial charge in [0.05, 0.1) is 0 Å². The molecule has 4 rings (SSSR count). The first-order valence-corrected chi connectivity index (χ1v) is 13.3. The molecular weight excluding hydrogens is 498 g/mol. The maximum absolute atomic E-state index is 13.5. The number of ketones is 1. The number of rotatable bonds is 7. The van der Waals surface area contributed by atoms with Gasteiger partial charge >= 0.3 is 5.97 Å². The number of ether oxygens (including phenoxy) is 1. The van der Waals surface area contributed by atoms with E-state index in [4.69, 9.17) is 9.73 Å². The van der Waals surface area contributed by atoms with E-state index in [2.05, 4.69) is 35.0 Å². The second-order valence-corrected chi connectivity index (χ2v) is 10.7. The van der Waals surface area contributed by atoms with E-state index in [0.717, 1.165) is 38.5 Å². The van der Waals surface area contributed by atoms with Crippen LogP contribution >= 0.6 is 27.7 Å². The van der Waals surface area contributed by atoms with E-state index in [1.807, 2.05) is 49.4 Å². The number of aliphatic imine (C=N–C) groups is 1. The van der Waals surface area contributed by atoms with E-state index in [1.165, 1.54) is 0 Å². The number of allylic oxidation sites excluding steroid dienone is 2. The Balaban J connectivity index is 1.70. The summed E-state index contributed by atoms with van der Waals surface area (Å²) >= 11 is 5.23. The molecule has 0 bridgehead atoms. The minimum Gasteiger partial charge on any atom is -0.464 e. The average molecular weight is 526 g/mol. The topological polar surface area (TPSA) is 55.7 Å². The van der Waals surface area contributed by atoms with Gasteiger partial charge in [0.2, 0.25) is 0 Å². The van der Waals surface area contributed by atoms with Gasteiger partial charge in [0.25, 0.3) is 0 Å². The first-order chi connectivity index (χ1) is 16.0. The Morgan fingerprint density at radius 3 is 2.52 bits per heavy atom. The highest BCUT2D eigenvalue weighted by molar-refractivity contribution is 9.10. The number of nitrogens with zero attached hydrogens (tertiary/aromatic N) is 1. The van der Waals surface area contributed by atoms with Crippen molar-refractivity contribution in [3.63, 3.8) is 0 Å². The van der Waals surface area contributed by atoms with Crippen molar-refractivity contribution in [2.75, 3.05) is 18.1 Å². The molecule has 0 aromatic heterocycles. The molecule has 0 saturated heterocycles. The number of Topliss-reactive ketones (excluding diaryl/α,β-unsaturated/α-hetero) is 1. The quantitative estimate of drug-likeness (QED) is 0.313. The molecule has 1 aliphatic carbocycles. The SMILES string of the molecule is CCSCCOC(=O)C1C(C)=NC2=C(C(=O)CC(c3ccccc3)C2)C1c1ccc(Br)cc1. The van der Waals surface area contributed by atoms with Gasteiger partial charge in [0.1, 0.15) is 12.5 Å². The highest BCUT2D eigenvalue weighted by atomic mass is 79.9. The van der Waals surface area contributed by atoms with Gasteiger partial charge in [-0.25, -0.2) is 0 Å². The lowest BCUT2D eigenvalue weighted by Gasteiger charge is -2.36. The van der Waals surface area contributed by atoms with E-state index in [0.29, 0.717) is 25.0 Å². The van der Waals surface area contributed by atoms with Gasteiger partial charge in [-0.3, -0.25) is 14.6 Å². The van der Waals surface area contributed by atoms with E-state index >= 15 is 0 Å². The molecule has 4 nitrogen and oxygen atoms in total. The summed E-state index contributed by atoms with van der Waals surface area (Å²) in [7, 11) is 0. The molecule has 0 N–H and O–H groups in total.